The smallest absolute Gasteiger partial charge is 0.277 e. The number of hydrogen-bond acceptors (Lipinski definition) is 5. The summed E-state index contributed by atoms with van der Waals surface area (Å²) >= 11 is 6.10. The van der Waals surface area contributed by atoms with Gasteiger partial charge in [0.05, 0.1) is 11.1 Å². The summed E-state index contributed by atoms with van der Waals surface area (Å²) < 4.78 is 43.0. The van der Waals surface area contributed by atoms with E-state index in [1.54, 1.807) is 6.07 Å². The highest BCUT2D eigenvalue weighted by Gasteiger charge is 2.51. The molecule has 0 aliphatic heterocycles. The minimum atomic E-state index is -2.87. The standard InChI is InChI=1S/C15H12ClF3N4O/c16-9-5-7(17)1-2-8(9)15(3-4-15)14-22-13(24-23-14)11(21)6-10(20)12(18)19/h1-2,5-6,12,21H,3-4,20H2/b10-6-,21-11?. The highest BCUT2D eigenvalue weighted by atomic mass is 35.5. The summed E-state index contributed by atoms with van der Waals surface area (Å²) in [4.78, 5) is 4.10. The number of nitrogens with one attached hydrogen (secondary N) is 1. The van der Waals surface area contributed by atoms with Crippen LogP contribution in [0, 0.1) is 11.2 Å². The maximum absolute atomic E-state index is 13.2. The Morgan fingerprint density at radius 1 is 1.42 bits per heavy atom. The molecule has 5 nitrogen and oxygen atoms in total. The van der Waals surface area contributed by atoms with E-state index in [2.05, 4.69) is 10.1 Å². The summed E-state index contributed by atoms with van der Waals surface area (Å²) in [6.45, 7) is 0. The first-order valence-electron chi connectivity index (χ1n) is 6.97. The fourth-order valence-electron chi connectivity index (χ4n) is 2.43. The molecule has 9 heteroatoms. The molecule has 1 aliphatic carbocycles. The molecule has 0 spiro atoms. The second-order valence-electron chi connectivity index (χ2n) is 5.49. The lowest BCUT2D eigenvalue weighted by molar-refractivity contribution is 0.188. The molecule has 1 saturated carbocycles. The molecule has 1 aromatic heterocycles. The zero-order valence-electron chi connectivity index (χ0n) is 12.2. The molecule has 1 aliphatic rings. The van der Waals surface area contributed by atoms with Gasteiger partial charge in [-0.15, -0.1) is 0 Å². The third-order valence-corrected chi connectivity index (χ3v) is 4.16. The van der Waals surface area contributed by atoms with Crippen LogP contribution in [0.25, 0.3) is 0 Å². The highest BCUT2D eigenvalue weighted by molar-refractivity contribution is 6.31. The van der Waals surface area contributed by atoms with Crippen LogP contribution in [-0.2, 0) is 5.41 Å². The first-order valence-corrected chi connectivity index (χ1v) is 7.35. The third-order valence-electron chi connectivity index (χ3n) is 3.84. The largest absolute Gasteiger partial charge is 0.397 e. The Bertz CT molecular complexity index is 830. The molecule has 1 fully saturated rings. The Kier molecular flexibility index (Phi) is 4.08. The van der Waals surface area contributed by atoms with E-state index in [4.69, 9.17) is 27.3 Å². The van der Waals surface area contributed by atoms with E-state index in [0.29, 0.717) is 18.4 Å². The fraction of sp³-hybridized carbons (Fsp3) is 0.267. The van der Waals surface area contributed by atoms with E-state index in [-0.39, 0.29) is 16.7 Å². The second kappa shape index (κ2) is 5.94. The fourth-order valence-corrected chi connectivity index (χ4v) is 2.78. The van der Waals surface area contributed by atoms with Crippen LogP contribution in [0.3, 0.4) is 0 Å². The van der Waals surface area contributed by atoms with Crippen molar-refractivity contribution in [2.24, 2.45) is 5.73 Å². The Morgan fingerprint density at radius 2 is 2.12 bits per heavy atom. The SMILES string of the molecule is N=C(/C=C(\N)C(F)F)c1nc(C2(c3ccc(F)cc3Cl)CC2)no1. The van der Waals surface area contributed by atoms with E-state index in [9.17, 15) is 13.2 Å². The van der Waals surface area contributed by atoms with Gasteiger partial charge in [-0.3, -0.25) is 5.41 Å². The van der Waals surface area contributed by atoms with Crippen molar-refractivity contribution in [3.8, 4) is 0 Å². The molecule has 1 heterocycles. The first kappa shape index (κ1) is 16.5. The zero-order valence-corrected chi connectivity index (χ0v) is 12.9. The maximum Gasteiger partial charge on any atom is 0.277 e. The number of allylic oxidation sites excluding steroid dienone is 2. The predicted octanol–water partition coefficient (Wildman–Crippen LogP) is 3.42. The van der Waals surface area contributed by atoms with Gasteiger partial charge in [0.25, 0.3) is 12.3 Å². The van der Waals surface area contributed by atoms with Gasteiger partial charge in [0.15, 0.2) is 5.82 Å². The van der Waals surface area contributed by atoms with Crippen LogP contribution in [0.1, 0.15) is 30.1 Å². The van der Waals surface area contributed by atoms with Gasteiger partial charge in [0, 0.05) is 5.02 Å². The number of nitrogens with two attached hydrogens (primary N) is 1. The quantitative estimate of drug-likeness (QED) is 0.803. The van der Waals surface area contributed by atoms with Crippen molar-refractivity contribution < 1.29 is 17.7 Å². The number of nitrogens with zero attached hydrogens (tertiary/aromatic N) is 2. The Hall–Kier alpha value is -2.35. The molecular formula is C15H12ClF3N4O. The van der Waals surface area contributed by atoms with Crippen LogP contribution in [0.4, 0.5) is 13.2 Å². The van der Waals surface area contributed by atoms with Gasteiger partial charge in [0.2, 0.25) is 0 Å². The Labute approximate surface area is 139 Å². The lowest BCUT2D eigenvalue weighted by Gasteiger charge is -2.12. The average molecular weight is 357 g/mol. The molecule has 1 aromatic carbocycles. The zero-order chi connectivity index (χ0) is 17.5. The van der Waals surface area contributed by atoms with Crippen molar-refractivity contribution in [1.29, 1.82) is 5.41 Å². The van der Waals surface area contributed by atoms with Gasteiger partial charge in [-0.2, -0.15) is 4.98 Å². The van der Waals surface area contributed by atoms with Crippen LogP contribution in [0.15, 0.2) is 34.5 Å². The molecule has 2 aromatic rings. The number of benzene rings is 1. The highest BCUT2D eigenvalue weighted by Crippen LogP contribution is 2.54. The van der Waals surface area contributed by atoms with Crippen LogP contribution < -0.4 is 5.73 Å². The molecule has 3 rings (SSSR count). The number of halogens is 4. The summed E-state index contributed by atoms with van der Waals surface area (Å²) in [5.41, 5.74) is 3.99. The third kappa shape index (κ3) is 2.89. The second-order valence-corrected chi connectivity index (χ2v) is 5.90. The number of hydrogen-bond donors (Lipinski definition) is 2. The van der Waals surface area contributed by atoms with Gasteiger partial charge in [-0.25, -0.2) is 13.2 Å². The minimum Gasteiger partial charge on any atom is -0.397 e. The summed E-state index contributed by atoms with van der Waals surface area (Å²) in [7, 11) is 0. The van der Waals surface area contributed by atoms with Crippen LogP contribution in [-0.4, -0.2) is 22.3 Å². The van der Waals surface area contributed by atoms with Crippen molar-refractivity contribution >= 4 is 17.3 Å². The van der Waals surface area contributed by atoms with Gasteiger partial charge in [-0.1, -0.05) is 22.8 Å². The van der Waals surface area contributed by atoms with Crippen molar-refractivity contribution in [3.05, 3.63) is 58.1 Å². The Balaban J connectivity index is 1.91. The van der Waals surface area contributed by atoms with Crippen molar-refractivity contribution in [2.75, 3.05) is 0 Å². The first-order chi connectivity index (χ1) is 11.3. The molecule has 0 bridgehead atoms. The molecule has 0 radical (unpaired) electrons. The molecule has 126 valence electrons. The molecule has 0 saturated heterocycles. The van der Waals surface area contributed by atoms with Crippen LogP contribution in [0.2, 0.25) is 5.02 Å². The van der Waals surface area contributed by atoms with Crippen LogP contribution in [0.5, 0.6) is 0 Å². The van der Waals surface area contributed by atoms with E-state index in [1.807, 2.05) is 0 Å². The normalized spacial score (nSPS) is 16.5. The molecule has 0 atom stereocenters. The topological polar surface area (TPSA) is 88.8 Å². The average Bonchev–Trinajstić information content (AvgIpc) is 3.15. The minimum absolute atomic E-state index is 0.224. The molecule has 0 unspecified atom stereocenters. The van der Waals surface area contributed by atoms with E-state index < -0.39 is 29.1 Å². The predicted molar refractivity (Wildman–Crippen MR) is 80.8 cm³/mol. The lowest BCUT2D eigenvalue weighted by Crippen LogP contribution is -2.13. The molecule has 24 heavy (non-hydrogen) atoms. The maximum atomic E-state index is 13.2. The van der Waals surface area contributed by atoms with Gasteiger partial charge < -0.3 is 10.3 Å². The van der Waals surface area contributed by atoms with Crippen molar-refractivity contribution in [2.45, 2.75) is 24.7 Å². The number of rotatable bonds is 5. The summed E-state index contributed by atoms with van der Waals surface area (Å²) in [6.07, 6.45) is -0.744. The number of alkyl halides is 2. The summed E-state index contributed by atoms with van der Waals surface area (Å²) in [5, 5.41) is 11.8. The number of aromatic nitrogens is 2. The monoisotopic (exact) mass is 356 g/mol. The van der Waals surface area contributed by atoms with E-state index in [1.165, 1.54) is 12.1 Å². The van der Waals surface area contributed by atoms with Gasteiger partial charge >= 0.3 is 0 Å². The lowest BCUT2D eigenvalue weighted by atomic mass is 9.95. The van der Waals surface area contributed by atoms with Crippen molar-refractivity contribution in [3.63, 3.8) is 0 Å². The van der Waals surface area contributed by atoms with Gasteiger partial charge in [0.1, 0.15) is 11.5 Å². The van der Waals surface area contributed by atoms with Crippen molar-refractivity contribution in [1.82, 2.24) is 10.1 Å². The molecular weight excluding hydrogens is 345 g/mol. The Morgan fingerprint density at radius 3 is 2.71 bits per heavy atom. The van der Waals surface area contributed by atoms with E-state index >= 15 is 0 Å². The van der Waals surface area contributed by atoms with E-state index in [0.717, 1.165) is 6.08 Å². The molecule has 3 N–H and O–H groups in total. The van der Waals surface area contributed by atoms with Gasteiger partial charge in [-0.05, 0) is 36.6 Å². The summed E-state index contributed by atoms with van der Waals surface area (Å²) in [5.74, 6) is -0.402. The molecule has 0 amide bonds. The summed E-state index contributed by atoms with van der Waals surface area (Å²) in [6, 6.07) is 4.04. The van der Waals surface area contributed by atoms with Crippen LogP contribution >= 0.6 is 11.6 Å².